The standard InChI is InChI=1S/C24H24Cl2F3N5O5/c1-5-34(12-36)19(11-35)32-33(3)16-8-18(38-13(2)24(27,28)29)21-14(22(16)26)6-7-30-23(21)39-17-9-20(37-4)31-10-15(17)25/h6-10,12-13,35H,5,11H2,1-4H3/b32-19-. The summed E-state index contributed by atoms with van der Waals surface area (Å²) in [5.41, 5.74) is 0.113. The van der Waals surface area contributed by atoms with E-state index >= 15 is 0 Å². The lowest BCUT2D eigenvalue weighted by molar-refractivity contribution is -0.189. The van der Waals surface area contributed by atoms with E-state index in [1.54, 1.807) is 6.92 Å². The van der Waals surface area contributed by atoms with Gasteiger partial charge in [-0.3, -0.25) is 14.7 Å². The predicted octanol–water partition coefficient (Wildman–Crippen LogP) is 5.29. The highest BCUT2D eigenvalue weighted by Crippen LogP contribution is 2.45. The lowest BCUT2D eigenvalue weighted by Crippen LogP contribution is -2.34. The second-order valence-electron chi connectivity index (χ2n) is 7.90. The second-order valence-corrected chi connectivity index (χ2v) is 8.68. The maximum absolute atomic E-state index is 13.5. The molecule has 0 fully saturated rings. The maximum atomic E-state index is 13.5. The van der Waals surface area contributed by atoms with Crippen LogP contribution in [-0.2, 0) is 4.79 Å². The topological polar surface area (TPSA) is 110 Å². The molecule has 0 aliphatic heterocycles. The molecule has 2 heterocycles. The number of methoxy groups -OCH3 is 1. The first kappa shape index (κ1) is 30.0. The quantitative estimate of drug-likeness (QED) is 0.147. The number of pyridine rings is 2. The smallest absolute Gasteiger partial charge is 0.425 e. The average molecular weight is 590 g/mol. The molecule has 0 bridgehead atoms. The minimum atomic E-state index is -4.70. The van der Waals surface area contributed by atoms with Gasteiger partial charge in [0.15, 0.2) is 17.7 Å². The van der Waals surface area contributed by atoms with Gasteiger partial charge < -0.3 is 19.3 Å². The number of aromatic nitrogens is 2. The van der Waals surface area contributed by atoms with E-state index in [9.17, 15) is 23.1 Å². The SMILES string of the molecule is CCN(C=O)/C(CO)=N\N(C)c1cc(OC(C)C(F)(F)F)c2c(Oc3cc(OC)ncc3Cl)nccc2c1Cl. The van der Waals surface area contributed by atoms with Crippen molar-refractivity contribution in [3.05, 3.63) is 40.6 Å². The Bertz CT molecular complexity index is 1380. The van der Waals surface area contributed by atoms with Gasteiger partial charge in [0.1, 0.15) is 17.4 Å². The van der Waals surface area contributed by atoms with Gasteiger partial charge in [-0.25, -0.2) is 9.97 Å². The van der Waals surface area contributed by atoms with Crippen molar-refractivity contribution in [1.29, 1.82) is 0 Å². The first-order chi connectivity index (χ1) is 18.4. The number of likely N-dealkylation sites (N-methyl/N-ethyl adjacent to an activating group) is 1. The van der Waals surface area contributed by atoms with E-state index in [-0.39, 0.29) is 62.1 Å². The van der Waals surface area contributed by atoms with Crippen LogP contribution in [0.2, 0.25) is 10.0 Å². The van der Waals surface area contributed by atoms with Crippen LogP contribution in [0.4, 0.5) is 18.9 Å². The average Bonchev–Trinajstić information content (AvgIpc) is 2.90. The Hall–Kier alpha value is -3.55. The minimum Gasteiger partial charge on any atom is -0.481 e. The fraction of sp³-hybridized carbons (Fsp3) is 0.333. The largest absolute Gasteiger partial charge is 0.481 e. The second kappa shape index (κ2) is 12.5. The van der Waals surface area contributed by atoms with Crippen LogP contribution >= 0.6 is 23.2 Å². The summed E-state index contributed by atoms with van der Waals surface area (Å²) in [7, 11) is 2.83. The van der Waals surface area contributed by atoms with Gasteiger partial charge in [-0.2, -0.15) is 18.3 Å². The Labute approximate surface area is 231 Å². The summed E-state index contributed by atoms with van der Waals surface area (Å²) in [6, 6.07) is 4.07. The van der Waals surface area contributed by atoms with Crippen LogP contribution < -0.4 is 19.2 Å². The van der Waals surface area contributed by atoms with Crippen molar-refractivity contribution in [2.75, 3.05) is 32.3 Å². The number of halogens is 5. The number of carbonyl (C=O) groups is 1. The van der Waals surface area contributed by atoms with Crippen LogP contribution in [0.15, 0.2) is 35.7 Å². The van der Waals surface area contributed by atoms with E-state index < -0.39 is 18.9 Å². The number of nitrogens with zero attached hydrogens (tertiary/aromatic N) is 5. The number of benzene rings is 1. The summed E-state index contributed by atoms with van der Waals surface area (Å²) >= 11 is 12.9. The molecule has 0 spiro atoms. The van der Waals surface area contributed by atoms with Crippen molar-refractivity contribution in [1.82, 2.24) is 14.9 Å². The van der Waals surface area contributed by atoms with Crippen LogP contribution in [0.5, 0.6) is 23.3 Å². The molecule has 0 radical (unpaired) electrons. The molecule has 2 aromatic heterocycles. The number of anilines is 1. The zero-order valence-corrected chi connectivity index (χ0v) is 22.7. The highest BCUT2D eigenvalue weighted by atomic mass is 35.5. The Morgan fingerprint density at radius 3 is 2.56 bits per heavy atom. The first-order valence-corrected chi connectivity index (χ1v) is 12.1. The van der Waals surface area contributed by atoms with Gasteiger partial charge in [-0.1, -0.05) is 23.2 Å². The number of rotatable bonds is 10. The van der Waals surface area contributed by atoms with Gasteiger partial charge in [-0.05, 0) is 19.9 Å². The Balaban J connectivity index is 2.24. The molecule has 0 saturated heterocycles. The molecule has 210 valence electrons. The number of carbonyl (C=O) groups excluding carboxylic acids is 1. The summed E-state index contributed by atoms with van der Waals surface area (Å²) in [5.74, 6) is -0.197. The van der Waals surface area contributed by atoms with Gasteiger partial charge in [0.2, 0.25) is 18.2 Å². The first-order valence-electron chi connectivity index (χ1n) is 11.3. The van der Waals surface area contributed by atoms with Crippen molar-refractivity contribution >= 4 is 51.9 Å². The summed E-state index contributed by atoms with van der Waals surface area (Å²) in [4.78, 5) is 20.6. The summed E-state index contributed by atoms with van der Waals surface area (Å²) in [6.07, 6.45) is -3.82. The van der Waals surface area contributed by atoms with E-state index in [2.05, 4.69) is 15.1 Å². The maximum Gasteiger partial charge on any atom is 0.425 e. The molecular formula is C24H24Cl2F3N5O5. The van der Waals surface area contributed by atoms with Crippen LogP contribution in [0.3, 0.4) is 0 Å². The highest BCUT2D eigenvalue weighted by molar-refractivity contribution is 6.39. The Morgan fingerprint density at radius 1 is 1.26 bits per heavy atom. The number of hydrogen-bond acceptors (Lipinski definition) is 9. The predicted molar refractivity (Wildman–Crippen MR) is 140 cm³/mol. The third kappa shape index (κ3) is 6.72. The van der Waals surface area contributed by atoms with Gasteiger partial charge in [0.25, 0.3) is 0 Å². The molecule has 39 heavy (non-hydrogen) atoms. The molecule has 0 aliphatic rings. The molecule has 1 atom stereocenters. The number of amidine groups is 1. The van der Waals surface area contributed by atoms with E-state index in [0.717, 1.165) is 11.8 Å². The van der Waals surface area contributed by atoms with Crippen molar-refractivity contribution in [3.63, 3.8) is 0 Å². The summed E-state index contributed by atoms with van der Waals surface area (Å²) in [6.45, 7) is 2.14. The molecule has 1 N–H and O–H groups in total. The van der Waals surface area contributed by atoms with Crippen molar-refractivity contribution in [2.24, 2.45) is 5.10 Å². The molecule has 0 saturated carbocycles. The van der Waals surface area contributed by atoms with Crippen molar-refractivity contribution in [3.8, 4) is 23.3 Å². The molecule has 0 aliphatic carbocycles. The number of amides is 1. The fourth-order valence-corrected chi connectivity index (χ4v) is 3.82. The van der Waals surface area contributed by atoms with Gasteiger partial charge >= 0.3 is 6.18 Å². The number of hydrogen-bond donors (Lipinski definition) is 1. The van der Waals surface area contributed by atoms with Gasteiger partial charge in [0.05, 0.1) is 29.4 Å². The number of fused-ring (bicyclic) bond motifs is 1. The van der Waals surface area contributed by atoms with E-state index in [4.69, 9.17) is 37.4 Å². The third-order valence-electron chi connectivity index (χ3n) is 5.42. The van der Waals surface area contributed by atoms with Crippen molar-refractivity contribution in [2.45, 2.75) is 26.1 Å². The molecule has 3 rings (SSSR count). The number of aliphatic hydroxyl groups excluding tert-OH is 1. The van der Waals surface area contributed by atoms with Crippen LogP contribution in [0, 0.1) is 0 Å². The zero-order valence-electron chi connectivity index (χ0n) is 21.2. The molecular weight excluding hydrogens is 566 g/mol. The van der Waals surface area contributed by atoms with E-state index in [1.165, 1.54) is 49.8 Å². The zero-order chi connectivity index (χ0) is 28.9. The number of aliphatic hydroxyl groups is 1. The summed E-state index contributed by atoms with van der Waals surface area (Å²) < 4.78 is 56.8. The van der Waals surface area contributed by atoms with Gasteiger partial charge in [0, 0.05) is 37.3 Å². The number of hydrazone groups is 1. The molecule has 15 heteroatoms. The number of alkyl halides is 3. The lowest BCUT2D eigenvalue weighted by atomic mass is 10.1. The fourth-order valence-electron chi connectivity index (χ4n) is 3.35. The van der Waals surface area contributed by atoms with E-state index in [0.29, 0.717) is 6.41 Å². The molecule has 3 aromatic rings. The number of ether oxygens (including phenoxy) is 3. The minimum absolute atomic E-state index is 0.0164. The molecule has 1 amide bonds. The van der Waals surface area contributed by atoms with Gasteiger partial charge in [-0.15, -0.1) is 0 Å². The molecule has 10 nitrogen and oxygen atoms in total. The highest BCUT2D eigenvalue weighted by Gasteiger charge is 2.39. The Kier molecular flexibility index (Phi) is 9.64. The van der Waals surface area contributed by atoms with Crippen LogP contribution in [-0.4, -0.2) is 71.8 Å². The summed E-state index contributed by atoms with van der Waals surface area (Å²) in [5, 5.41) is 15.5. The Morgan fingerprint density at radius 2 is 1.97 bits per heavy atom. The van der Waals surface area contributed by atoms with Crippen LogP contribution in [0.25, 0.3) is 10.8 Å². The monoisotopic (exact) mass is 589 g/mol. The molecule has 1 unspecified atom stereocenters. The van der Waals surface area contributed by atoms with Crippen molar-refractivity contribution < 1.29 is 37.3 Å². The lowest BCUT2D eigenvalue weighted by Gasteiger charge is -2.24. The van der Waals surface area contributed by atoms with Crippen LogP contribution in [0.1, 0.15) is 13.8 Å². The van der Waals surface area contributed by atoms with E-state index in [1.807, 2.05) is 0 Å². The normalized spacial score (nSPS) is 12.7. The molecule has 1 aromatic carbocycles. The third-order valence-corrected chi connectivity index (χ3v) is 6.10.